The Kier molecular flexibility index (Phi) is 2.18. The van der Waals surface area contributed by atoms with Gasteiger partial charge in [0.25, 0.3) is 0 Å². The number of nitrogens with two attached hydrogens (primary N) is 1. The first kappa shape index (κ1) is 6.97. The summed E-state index contributed by atoms with van der Waals surface area (Å²) in [6, 6.07) is 0. The second-order valence-electron chi connectivity index (χ2n) is 2.26. The summed E-state index contributed by atoms with van der Waals surface area (Å²) in [5.74, 6) is 0.485. The highest BCUT2D eigenvalue weighted by molar-refractivity contribution is 6.21. The maximum atomic E-state index is 5.42. The van der Waals surface area contributed by atoms with Crippen molar-refractivity contribution in [1.82, 2.24) is 5.43 Å². The molecule has 3 nitrogen and oxygen atoms in total. The molecule has 1 heterocycles. The Hall–Kier alpha value is -1.15. The predicted octanol–water partition coefficient (Wildman–Crippen LogP) is -1.08. The maximum Gasteiger partial charge on any atom is 0.150 e. The lowest BCUT2D eigenvalue weighted by molar-refractivity contribution is 0.736. The van der Waals surface area contributed by atoms with Gasteiger partial charge < -0.3 is 11.2 Å². The Morgan fingerprint density at radius 1 is 1.80 bits per heavy atom. The summed E-state index contributed by atoms with van der Waals surface area (Å²) in [7, 11) is 2.02. The van der Waals surface area contributed by atoms with Gasteiger partial charge >= 0.3 is 0 Å². The van der Waals surface area contributed by atoms with Gasteiger partial charge in [0.05, 0.1) is 0 Å². The Morgan fingerprint density at radius 3 is 3.40 bits per heavy atom. The summed E-state index contributed by atoms with van der Waals surface area (Å²) in [4.78, 5) is 0. The maximum absolute atomic E-state index is 5.42. The molecule has 0 bridgehead atoms. The molecule has 52 valence electrons. The van der Waals surface area contributed by atoms with Crippen LogP contribution in [0.4, 0.5) is 0 Å². The van der Waals surface area contributed by atoms with Gasteiger partial charge in [0.1, 0.15) is 7.85 Å². The van der Waals surface area contributed by atoms with Crippen LogP contribution in [-0.2, 0) is 0 Å². The van der Waals surface area contributed by atoms with Crippen LogP contribution < -0.4 is 11.2 Å². The molecule has 1 rings (SSSR count). The molecule has 0 atom stereocenters. The SMILES string of the molecule is BC1=C=C/C(N)=N\NCC1. The van der Waals surface area contributed by atoms with Crippen LogP contribution in [0.3, 0.4) is 0 Å². The highest BCUT2D eigenvalue weighted by Gasteiger charge is 1.91. The molecule has 0 saturated heterocycles. The van der Waals surface area contributed by atoms with E-state index in [9.17, 15) is 0 Å². The molecule has 0 saturated carbocycles. The van der Waals surface area contributed by atoms with E-state index in [1.54, 1.807) is 6.08 Å². The monoisotopic (exact) mass is 135 g/mol. The fourth-order valence-electron chi connectivity index (χ4n) is 0.692. The summed E-state index contributed by atoms with van der Waals surface area (Å²) in [6.07, 6.45) is 2.66. The topological polar surface area (TPSA) is 50.4 Å². The zero-order valence-electron chi connectivity index (χ0n) is 6.02. The molecule has 0 aromatic rings. The van der Waals surface area contributed by atoms with Crippen molar-refractivity contribution in [3.8, 4) is 0 Å². The molecular weight excluding hydrogens is 125 g/mol. The average Bonchev–Trinajstić information content (AvgIpc) is 1.90. The summed E-state index contributed by atoms with van der Waals surface area (Å²) in [6.45, 7) is 0.841. The van der Waals surface area contributed by atoms with Gasteiger partial charge in [-0.2, -0.15) is 5.10 Å². The number of hydrogen-bond acceptors (Lipinski definition) is 3. The third-order valence-electron chi connectivity index (χ3n) is 1.29. The summed E-state index contributed by atoms with van der Waals surface area (Å²) in [5.41, 5.74) is 12.5. The fraction of sp³-hybridized carbons (Fsp3) is 0.333. The minimum Gasteiger partial charge on any atom is -0.382 e. The van der Waals surface area contributed by atoms with E-state index in [1.165, 1.54) is 5.47 Å². The molecule has 1 aliphatic heterocycles. The Morgan fingerprint density at radius 2 is 2.60 bits per heavy atom. The molecule has 0 amide bonds. The normalized spacial score (nSPS) is 23.2. The van der Waals surface area contributed by atoms with E-state index in [0.29, 0.717) is 5.84 Å². The molecule has 0 unspecified atom stereocenters. The number of hydrazone groups is 1. The molecule has 1 aliphatic rings. The molecule has 0 fully saturated rings. The number of hydrogen-bond donors (Lipinski definition) is 2. The summed E-state index contributed by atoms with van der Waals surface area (Å²) >= 11 is 0. The number of nitrogens with zero attached hydrogens (tertiary/aromatic N) is 1. The minimum absolute atomic E-state index is 0.485. The van der Waals surface area contributed by atoms with Crippen LogP contribution in [0.5, 0.6) is 0 Å². The van der Waals surface area contributed by atoms with Crippen LogP contribution in [0.2, 0.25) is 0 Å². The zero-order valence-corrected chi connectivity index (χ0v) is 6.02. The van der Waals surface area contributed by atoms with Gasteiger partial charge in [-0.15, -0.1) is 5.73 Å². The van der Waals surface area contributed by atoms with Gasteiger partial charge in [0, 0.05) is 12.6 Å². The van der Waals surface area contributed by atoms with Crippen molar-refractivity contribution in [2.45, 2.75) is 6.42 Å². The summed E-state index contributed by atoms with van der Waals surface area (Å²) in [5, 5.41) is 3.83. The van der Waals surface area contributed by atoms with Crippen molar-refractivity contribution in [2.24, 2.45) is 10.8 Å². The summed E-state index contributed by atoms with van der Waals surface area (Å²) < 4.78 is 0. The smallest absolute Gasteiger partial charge is 0.150 e. The number of nitrogens with one attached hydrogen (secondary N) is 1. The number of rotatable bonds is 0. The highest BCUT2D eigenvalue weighted by atomic mass is 15.3. The number of amidine groups is 1. The van der Waals surface area contributed by atoms with Gasteiger partial charge in [-0.3, -0.25) is 0 Å². The molecule has 0 aromatic heterocycles. The van der Waals surface area contributed by atoms with Gasteiger partial charge in [-0.25, -0.2) is 0 Å². The molecule has 10 heavy (non-hydrogen) atoms. The molecule has 0 aliphatic carbocycles. The van der Waals surface area contributed by atoms with Crippen LogP contribution in [0.15, 0.2) is 22.4 Å². The second-order valence-corrected chi connectivity index (χ2v) is 2.26. The minimum atomic E-state index is 0.485. The van der Waals surface area contributed by atoms with Crippen LogP contribution in [-0.4, -0.2) is 20.2 Å². The lowest BCUT2D eigenvalue weighted by atomic mass is 9.93. The quantitative estimate of drug-likeness (QED) is 0.328. The molecule has 3 N–H and O–H groups in total. The predicted molar refractivity (Wildman–Crippen MR) is 44.4 cm³/mol. The largest absolute Gasteiger partial charge is 0.382 e. The van der Waals surface area contributed by atoms with E-state index in [4.69, 9.17) is 5.73 Å². The van der Waals surface area contributed by atoms with Crippen LogP contribution >= 0.6 is 0 Å². The van der Waals surface area contributed by atoms with Gasteiger partial charge in [-0.05, 0) is 6.42 Å². The van der Waals surface area contributed by atoms with Crippen molar-refractivity contribution in [3.05, 3.63) is 17.3 Å². The fourth-order valence-corrected chi connectivity index (χ4v) is 0.692. The van der Waals surface area contributed by atoms with Gasteiger partial charge in [0.15, 0.2) is 5.84 Å². The Labute approximate surface area is 61.1 Å². The highest BCUT2D eigenvalue weighted by Crippen LogP contribution is 1.92. The van der Waals surface area contributed by atoms with Crippen molar-refractivity contribution in [2.75, 3.05) is 6.54 Å². The first-order valence-corrected chi connectivity index (χ1v) is 3.27. The van der Waals surface area contributed by atoms with E-state index in [-0.39, 0.29) is 0 Å². The third kappa shape index (κ3) is 1.99. The van der Waals surface area contributed by atoms with Crippen LogP contribution in [0.25, 0.3) is 0 Å². The van der Waals surface area contributed by atoms with Crippen LogP contribution in [0.1, 0.15) is 6.42 Å². The Bertz CT molecular complexity index is 213. The first-order chi connectivity index (χ1) is 4.79. The van der Waals surface area contributed by atoms with Crippen molar-refractivity contribution in [1.29, 1.82) is 0 Å². The Balaban J connectivity index is 2.81. The first-order valence-electron chi connectivity index (χ1n) is 3.27. The third-order valence-corrected chi connectivity index (χ3v) is 1.29. The van der Waals surface area contributed by atoms with Crippen LogP contribution in [0, 0.1) is 0 Å². The lowest BCUT2D eigenvalue weighted by Gasteiger charge is -2.02. The lowest BCUT2D eigenvalue weighted by Crippen LogP contribution is -2.18. The average molecular weight is 135 g/mol. The van der Waals surface area contributed by atoms with Crippen molar-refractivity contribution >= 4 is 13.7 Å². The molecule has 0 radical (unpaired) electrons. The van der Waals surface area contributed by atoms with Gasteiger partial charge in [0.2, 0.25) is 0 Å². The van der Waals surface area contributed by atoms with E-state index in [0.717, 1.165) is 13.0 Å². The van der Waals surface area contributed by atoms with E-state index in [1.807, 2.05) is 7.85 Å². The van der Waals surface area contributed by atoms with Crippen molar-refractivity contribution in [3.63, 3.8) is 0 Å². The molecule has 0 spiro atoms. The standard InChI is InChI=1S/C6H10BN3/c7-5-1-2-6(8)10-9-4-3-5/h2,9H,3-4,7H2,(H2,8,10). The van der Waals surface area contributed by atoms with Gasteiger partial charge in [-0.1, -0.05) is 5.47 Å². The molecule has 0 aromatic carbocycles. The van der Waals surface area contributed by atoms with E-state index in [2.05, 4.69) is 16.3 Å². The molecule has 4 heteroatoms. The zero-order chi connectivity index (χ0) is 7.40. The molecular formula is C6H10BN3. The van der Waals surface area contributed by atoms with E-state index >= 15 is 0 Å². The van der Waals surface area contributed by atoms with E-state index < -0.39 is 0 Å². The van der Waals surface area contributed by atoms with Crippen molar-refractivity contribution < 1.29 is 0 Å². The second kappa shape index (κ2) is 3.13.